The first-order valence-electron chi connectivity index (χ1n) is 5.80. The van der Waals surface area contributed by atoms with Crippen LogP contribution in [0.4, 0.5) is 4.79 Å². The lowest BCUT2D eigenvalue weighted by molar-refractivity contribution is -0.137. The lowest BCUT2D eigenvalue weighted by Crippen LogP contribution is -2.43. The molecule has 1 rings (SSSR count). The molecule has 0 saturated carbocycles. The fraction of sp³-hybridized carbons (Fsp3) is 0.818. The van der Waals surface area contributed by atoms with Crippen molar-refractivity contribution in [2.45, 2.75) is 39.2 Å². The smallest absolute Gasteiger partial charge is 0.317 e. The highest BCUT2D eigenvalue weighted by molar-refractivity contribution is 5.76. The number of hydrogen-bond acceptors (Lipinski definition) is 2. The molecule has 0 spiro atoms. The van der Waals surface area contributed by atoms with Gasteiger partial charge in [-0.15, -0.1) is 0 Å². The summed E-state index contributed by atoms with van der Waals surface area (Å²) in [4.78, 5) is 23.9. The van der Waals surface area contributed by atoms with Crippen LogP contribution in [-0.2, 0) is 4.79 Å². The fourth-order valence-electron chi connectivity index (χ4n) is 1.97. The molecule has 2 unspecified atom stereocenters. The van der Waals surface area contributed by atoms with Gasteiger partial charge in [-0.05, 0) is 19.3 Å². The molecule has 0 aromatic heterocycles. The summed E-state index contributed by atoms with van der Waals surface area (Å²) in [5.41, 5.74) is 0. The second kappa shape index (κ2) is 5.72. The van der Waals surface area contributed by atoms with Crippen molar-refractivity contribution in [1.29, 1.82) is 0 Å². The minimum atomic E-state index is -0.888. The molecular weight excluding hydrogens is 208 g/mol. The monoisotopic (exact) mass is 228 g/mol. The maximum atomic E-state index is 11.7. The molecule has 0 aromatic carbocycles. The van der Waals surface area contributed by atoms with E-state index in [9.17, 15) is 9.59 Å². The van der Waals surface area contributed by atoms with Crippen molar-refractivity contribution >= 4 is 12.0 Å². The van der Waals surface area contributed by atoms with Gasteiger partial charge in [-0.2, -0.15) is 0 Å². The standard InChI is InChI=1S/C11H20N2O3/c1-3-9-4-5-13(7-9)11(16)12-8(2)6-10(14)15/h8-9H,3-7H2,1-2H3,(H,12,16)(H,14,15). The third-order valence-corrected chi connectivity index (χ3v) is 3.00. The summed E-state index contributed by atoms with van der Waals surface area (Å²) in [6.45, 7) is 5.41. The van der Waals surface area contributed by atoms with Gasteiger partial charge in [-0.1, -0.05) is 13.3 Å². The average molecular weight is 228 g/mol. The number of nitrogens with one attached hydrogen (secondary N) is 1. The van der Waals surface area contributed by atoms with Crippen LogP contribution < -0.4 is 5.32 Å². The molecule has 1 aliphatic heterocycles. The highest BCUT2D eigenvalue weighted by atomic mass is 16.4. The normalized spacial score (nSPS) is 21.9. The third-order valence-electron chi connectivity index (χ3n) is 3.00. The lowest BCUT2D eigenvalue weighted by Gasteiger charge is -2.20. The van der Waals surface area contributed by atoms with Crippen LogP contribution in [0.3, 0.4) is 0 Å². The Labute approximate surface area is 95.8 Å². The number of likely N-dealkylation sites (tertiary alicyclic amines) is 1. The van der Waals surface area contributed by atoms with Gasteiger partial charge in [0.25, 0.3) is 0 Å². The molecule has 0 aromatic rings. The summed E-state index contributed by atoms with van der Waals surface area (Å²) in [6, 6.07) is -0.449. The number of carboxylic acids is 1. The van der Waals surface area contributed by atoms with Crippen LogP contribution in [0.2, 0.25) is 0 Å². The zero-order valence-electron chi connectivity index (χ0n) is 9.90. The molecule has 16 heavy (non-hydrogen) atoms. The SMILES string of the molecule is CCC1CCN(C(=O)NC(C)CC(=O)O)C1. The van der Waals surface area contributed by atoms with Crippen LogP contribution in [0, 0.1) is 5.92 Å². The Morgan fingerprint density at radius 2 is 2.25 bits per heavy atom. The molecule has 2 amide bonds. The third kappa shape index (κ3) is 3.72. The van der Waals surface area contributed by atoms with Crippen LogP contribution in [-0.4, -0.2) is 41.1 Å². The van der Waals surface area contributed by atoms with E-state index >= 15 is 0 Å². The Morgan fingerprint density at radius 1 is 1.56 bits per heavy atom. The first kappa shape index (κ1) is 12.8. The van der Waals surface area contributed by atoms with Gasteiger partial charge in [0.05, 0.1) is 6.42 Å². The van der Waals surface area contributed by atoms with Gasteiger partial charge >= 0.3 is 12.0 Å². The van der Waals surface area contributed by atoms with E-state index in [-0.39, 0.29) is 18.5 Å². The van der Waals surface area contributed by atoms with E-state index in [0.717, 1.165) is 25.9 Å². The zero-order chi connectivity index (χ0) is 12.1. The minimum absolute atomic E-state index is 0.0310. The van der Waals surface area contributed by atoms with Crippen LogP contribution in [0.25, 0.3) is 0 Å². The summed E-state index contributed by atoms with van der Waals surface area (Å²) in [5.74, 6) is -0.291. The largest absolute Gasteiger partial charge is 0.481 e. The highest BCUT2D eigenvalue weighted by Gasteiger charge is 2.25. The number of carboxylic acid groups (broad SMARTS) is 1. The molecule has 2 N–H and O–H groups in total. The van der Waals surface area contributed by atoms with Gasteiger partial charge in [-0.3, -0.25) is 4.79 Å². The van der Waals surface area contributed by atoms with Gasteiger partial charge in [0.2, 0.25) is 0 Å². The van der Waals surface area contributed by atoms with Crippen molar-refractivity contribution in [3.8, 4) is 0 Å². The first-order chi connectivity index (χ1) is 7.52. The maximum absolute atomic E-state index is 11.7. The Balaban J connectivity index is 2.33. The van der Waals surface area contributed by atoms with Crippen LogP contribution in [0.15, 0.2) is 0 Å². The highest BCUT2D eigenvalue weighted by Crippen LogP contribution is 2.18. The number of hydrogen-bond donors (Lipinski definition) is 2. The van der Waals surface area contributed by atoms with Crippen molar-refractivity contribution in [2.75, 3.05) is 13.1 Å². The van der Waals surface area contributed by atoms with Crippen LogP contribution >= 0.6 is 0 Å². The number of rotatable bonds is 4. The van der Waals surface area contributed by atoms with E-state index in [2.05, 4.69) is 12.2 Å². The van der Waals surface area contributed by atoms with Gasteiger partial charge in [0.1, 0.15) is 0 Å². The van der Waals surface area contributed by atoms with E-state index < -0.39 is 5.97 Å². The molecule has 0 bridgehead atoms. The number of amides is 2. The predicted octanol–water partition coefficient (Wildman–Crippen LogP) is 1.29. The molecule has 1 heterocycles. The van der Waals surface area contributed by atoms with Crippen LogP contribution in [0.1, 0.15) is 33.1 Å². The molecule has 2 atom stereocenters. The van der Waals surface area contributed by atoms with Gasteiger partial charge in [-0.25, -0.2) is 4.79 Å². The topological polar surface area (TPSA) is 69.6 Å². The van der Waals surface area contributed by atoms with Crippen LogP contribution in [0.5, 0.6) is 0 Å². The quantitative estimate of drug-likeness (QED) is 0.761. The van der Waals surface area contributed by atoms with E-state index in [1.165, 1.54) is 0 Å². The second-order valence-corrected chi connectivity index (χ2v) is 4.46. The van der Waals surface area contributed by atoms with Crippen molar-refractivity contribution in [1.82, 2.24) is 10.2 Å². The number of urea groups is 1. The fourth-order valence-corrected chi connectivity index (χ4v) is 1.97. The Bertz CT molecular complexity index is 268. The summed E-state index contributed by atoms with van der Waals surface area (Å²) in [7, 11) is 0. The molecule has 92 valence electrons. The summed E-state index contributed by atoms with van der Waals surface area (Å²) < 4.78 is 0. The van der Waals surface area contributed by atoms with Crippen molar-refractivity contribution in [3.63, 3.8) is 0 Å². The lowest BCUT2D eigenvalue weighted by atomic mass is 10.1. The van der Waals surface area contributed by atoms with E-state index in [4.69, 9.17) is 5.11 Å². The van der Waals surface area contributed by atoms with Crippen molar-refractivity contribution in [3.05, 3.63) is 0 Å². The molecule has 0 aliphatic carbocycles. The number of carbonyl (C=O) groups excluding carboxylic acids is 1. The van der Waals surface area contributed by atoms with Crippen molar-refractivity contribution in [2.24, 2.45) is 5.92 Å². The molecule has 1 aliphatic rings. The molecule has 0 radical (unpaired) electrons. The molecule has 1 saturated heterocycles. The Kier molecular flexibility index (Phi) is 4.58. The number of aliphatic carboxylic acids is 1. The van der Waals surface area contributed by atoms with E-state index in [1.807, 2.05) is 0 Å². The number of carbonyl (C=O) groups is 2. The van der Waals surface area contributed by atoms with E-state index in [0.29, 0.717) is 5.92 Å². The average Bonchev–Trinajstić information content (AvgIpc) is 2.64. The second-order valence-electron chi connectivity index (χ2n) is 4.46. The molecular formula is C11H20N2O3. The first-order valence-corrected chi connectivity index (χ1v) is 5.80. The molecule has 1 fully saturated rings. The Hall–Kier alpha value is -1.26. The van der Waals surface area contributed by atoms with E-state index in [1.54, 1.807) is 11.8 Å². The van der Waals surface area contributed by atoms with Gasteiger partial charge in [0, 0.05) is 19.1 Å². The maximum Gasteiger partial charge on any atom is 0.317 e. The summed E-state index contributed by atoms with van der Waals surface area (Å²) >= 11 is 0. The van der Waals surface area contributed by atoms with Crippen molar-refractivity contribution < 1.29 is 14.7 Å². The minimum Gasteiger partial charge on any atom is -0.481 e. The van der Waals surface area contributed by atoms with Gasteiger partial charge in [0.15, 0.2) is 0 Å². The molecule has 5 nitrogen and oxygen atoms in total. The zero-order valence-corrected chi connectivity index (χ0v) is 9.90. The van der Waals surface area contributed by atoms with Gasteiger partial charge < -0.3 is 15.3 Å². The molecule has 5 heteroatoms. The summed E-state index contributed by atoms with van der Waals surface area (Å²) in [5, 5.41) is 11.3. The number of nitrogens with zero attached hydrogens (tertiary/aromatic N) is 1. The summed E-state index contributed by atoms with van der Waals surface area (Å²) in [6.07, 6.45) is 2.11. The predicted molar refractivity (Wildman–Crippen MR) is 60.2 cm³/mol. The Morgan fingerprint density at radius 3 is 2.75 bits per heavy atom.